The number of carbonyl (C=O) groups is 1. The number of hydrogen-bond acceptors (Lipinski definition) is 4. The zero-order chi connectivity index (χ0) is 19.6. The van der Waals surface area contributed by atoms with Crippen LogP contribution >= 0.6 is 0 Å². The molecule has 1 aliphatic heterocycles. The van der Waals surface area contributed by atoms with Crippen LogP contribution in [-0.4, -0.2) is 43.0 Å². The first kappa shape index (κ1) is 19.5. The molecular formula is C20H24N2O4S. The average molecular weight is 388 g/mol. The molecule has 1 aliphatic rings. The Kier molecular flexibility index (Phi) is 5.64. The summed E-state index contributed by atoms with van der Waals surface area (Å²) in [4.78, 5) is 13.4. The van der Waals surface area contributed by atoms with Gasteiger partial charge in [0.15, 0.2) is 0 Å². The number of benzene rings is 2. The molecular weight excluding hydrogens is 364 g/mol. The molecule has 6 nitrogen and oxygen atoms in total. The van der Waals surface area contributed by atoms with Crippen LogP contribution in [0.1, 0.15) is 34.8 Å². The van der Waals surface area contributed by atoms with Crippen molar-refractivity contribution in [3.63, 3.8) is 0 Å². The Morgan fingerprint density at radius 3 is 2.56 bits per heavy atom. The van der Waals surface area contributed by atoms with Crippen LogP contribution in [0.2, 0.25) is 0 Å². The molecule has 0 saturated carbocycles. The molecule has 2 aromatic rings. The summed E-state index contributed by atoms with van der Waals surface area (Å²) in [6.07, 6.45) is 0.736. The number of rotatable bonds is 6. The van der Waals surface area contributed by atoms with Gasteiger partial charge in [-0.25, -0.2) is 17.9 Å². The zero-order valence-electron chi connectivity index (χ0n) is 15.4. The minimum atomic E-state index is -3.72. The Balaban J connectivity index is 1.72. The lowest BCUT2D eigenvalue weighted by Crippen LogP contribution is -2.43. The summed E-state index contributed by atoms with van der Waals surface area (Å²) in [5.41, 5.74) is 1.71. The first-order valence-corrected chi connectivity index (χ1v) is 10.4. The molecule has 0 aromatic heterocycles. The second-order valence-corrected chi connectivity index (χ2v) is 8.68. The highest BCUT2D eigenvalue weighted by Gasteiger charge is 2.34. The van der Waals surface area contributed by atoms with Gasteiger partial charge in [-0.2, -0.15) is 0 Å². The third-order valence-electron chi connectivity index (χ3n) is 5.13. The van der Waals surface area contributed by atoms with E-state index >= 15 is 0 Å². The number of nitrogens with zero attached hydrogens (tertiary/aromatic N) is 1. The lowest BCUT2D eigenvalue weighted by Gasteiger charge is -2.25. The van der Waals surface area contributed by atoms with E-state index in [1.165, 1.54) is 23.8 Å². The van der Waals surface area contributed by atoms with Crippen molar-refractivity contribution in [2.45, 2.75) is 43.8 Å². The molecule has 2 aromatic carbocycles. The van der Waals surface area contributed by atoms with Crippen molar-refractivity contribution >= 4 is 16.0 Å². The summed E-state index contributed by atoms with van der Waals surface area (Å²) in [7, 11) is -3.72. The summed E-state index contributed by atoms with van der Waals surface area (Å²) < 4.78 is 28.5. The van der Waals surface area contributed by atoms with Gasteiger partial charge in [0, 0.05) is 25.2 Å². The lowest BCUT2D eigenvalue weighted by molar-refractivity contribution is 0.0696. The molecule has 1 fully saturated rings. The fraction of sp³-hybridized carbons (Fsp3) is 0.350. The quantitative estimate of drug-likeness (QED) is 0.794. The van der Waals surface area contributed by atoms with Crippen LogP contribution in [0.15, 0.2) is 53.4 Å². The van der Waals surface area contributed by atoms with Gasteiger partial charge in [-0.15, -0.1) is 0 Å². The molecule has 0 spiro atoms. The van der Waals surface area contributed by atoms with Crippen LogP contribution < -0.4 is 4.72 Å². The van der Waals surface area contributed by atoms with Gasteiger partial charge in [0.1, 0.15) is 0 Å². The lowest BCUT2D eigenvalue weighted by atomic mass is 10.1. The molecule has 2 atom stereocenters. The third kappa shape index (κ3) is 4.37. The number of sulfonamides is 1. The van der Waals surface area contributed by atoms with Gasteiger partial charge in [0.05, 0.1) is 10.5 Å². The van der Waals surface area contributed by atoms with Gasteiger partial charge in [-0.3, -0.25) is 4.90 Å². The van der Waals surface area contributed by atoms with E-state index in [0.29, 0.717) is 5.56 Å². The van der Waals surface area contributed by atoms with Crippen molar-refractivity contribution in [3.8, 4) is 0 Å². The Bertz CT molecular complexity index is 928. The predicted octanol–water partition coefficient (Wildman–Crippen LogP) is 2.63. The van der Waals surface area contributed by atoms with Crippen molar-refractivity contribution in [1.29, 1.82) is 0 Å². The van der Waals surface area contributed by atoms with Crippen molar-refractivity contribution < 1.29 is 18.3 Å². The fourth-order valence-electron chi connectivity index (χ4n) is 3.55. The smallest absolute Gasteiger partial charge is 0.335 e. The second kappa shape index (κ2) is 7.80. The summed E-state index contributed by atoms with van der Waals surface area (Å²) in [5, 5.41) is 9.05. The molecule has 0 aliphatic carbocycles. The Hall–Kier alpha value is -2.22. The van der Waals surface area contributed by atoms with Gasteiger partial charge in [-0.05, 0) is 49.6 Å². The van der Waals surface area contributed by atoms with Crippen LogP contribution in [0.3, 0.4) is 0 Å². The molecule has 2 unspecified atom stereocenters. The Morgan fingerprint density at radius 1 is 1.22 bits per heavy atom. The summed E-state index contributed by atoms with van der Waals surface area (Å²) >= 11 is 0. The Morgan fingerprint density at radius 2 is 1.93 bits per heavy atom. The number of aryl methyl sites for hydroxylation is 1. The third-order valence-corrected chi connectivity index (χ3v) is 6.78. The summed E-state index contributed by atoms with van der Waals surface area (Å²) in [6.45, 7) is 5.25. The van der Waals surface area contributed by atoms with Crippen molar-refractivity contribution in [2.24, 2.45) is 0 Å². The number of carboxylic acids is 1. The normalized spacial score (nSPS) is 20.7. The molecule has 0 radical (unpaired) electrons. The van der Waals surface area contributed by atoms with E-state index in [4.69, 9.17) is 5.11 Å². The maximum atomic E-state index is 12.8. The maximum absolute atomic E-state index is 12.8. The first-order chi connectivity index (χ1) is 12.8. The van der Waals surface area contributed by atoms with Gasteiger partial charge < -0.3 is 5.11 Å². The van der Waals surface area contributed by atoms with E-state index in [-0.39, 0.29) is 22.5 Å². The molecule has 27 heavy (non-hydrogen) atoms. The van der Waals surface area contributed by atoms with Crippen molar-refractivity contribution in [2.75, 3.05) is 6.54 Å². The van der Waals surface area contributed by atoms with Crippen molar-refractivity contribution in [1.82, 2.24) is 9.62 Å². The second-order valence-electron chi connectivity index (χ2n) is 7.00. The van der Waals surface area contributed by atoms with Crippen LogP contribution in [0.5, 0.6) is 0 Å². The first-order valence-electron chi connectivity index (χ1n) is 8.92. The minimum absolute atomic E-state index is 0.0681. The SMILES string of the molecule is Cc1cc(C(=O)O)ccc1S(=O)(=O)NC1CCN(Cc2ccccc2)C1C. The fourth-order valence-corrected chi connectivity index (χ4v) is 5.12. The number of hydrogen-bond donors (Lipinski definition) is 2. The topological polar surface area (TPSA) is 86.7 Å². The van der Waals surface area contributed by atoms with Gasteiger partial charge in [-0.1, -0.05) is 30.3 Å². The number of aromatic carboxylic acids is 1. The van der Waals surface area contributed by atoms with Crippen LogP contribution in [0.4, 0.5) is 0 Å². The number of likely N-dealkylation sites (tertiary alicyclic amines) is 1. The van der Waals surface area contributed by atoms with Gasteiger partial charge >= 0.3 is 5.97 Å². The highest BCUT2D eigenvalue weighted by Crippen LogP contribution is 2.24. The molecule has 144 valence electrons. The van der Waals surface area contributed by atoms with Crippen LogP contribution in [0.25, 0.3) is 0 Å². The predicted molar refractivity (Wildman–Crippen MR) is 103 cm³/mol. The largest absolute Gasteiger partial charge is 0.478 e. The van der Waals surface area contributed by atoms with Gasteiger partial charge in [0.2, 0.25) is 10.0 Å². The highest BCUT2D eigenvalue weighted by atomic mass is 32.2. The monoisotopic (exact) mass is 388 g/mol. The maximum Gasteiger partial charge on any atom is 0.335 e. The van der Waals surface area contributed by atoms with E-state index < -0.39 is 16.0 Å². The number of carboxylic acid groups (broad SMARTS) is 1. The van der Waals surface area contributed by atoms with Crippen LogP contribution in [-0.2, 0) is 16.6 Å². The van der Waals surface area contributed by atoms with E-state index in [0.717, 1.165) is 19.5 Å². The Labute approximate surface area is 159 Å². The average Bonchev–Trinajstić information content (AvgIpc) is 2.95. The highest BCUT2D eigenvalue weighted by molar-refractivity contribution is 7.89. The summed E-state index contributed by atoms with van der Waals surface area (Å²) in [5.74, 6) is -1.07. The van der Waals surface area contributed by atoms with E-state index in [2.05, 4.69) is 21.8 Å². The van der Waals surface area contributed by atoms with E-state index in [1.807, 2.05) is 25.1 Å². The zero-order valence-corrected chi connectivity index (χ0v) is 16.2. The van der Waals surface area contributed by atoms with Gasteiger partial charge in [0.25, 0.3) is 0 Å². The minimum Gasteiger partial charge on any atom is -0.478 e. The van der Waals surface area contributed by atoms with Crippen LogP contribution in [0, 0.1) is 6.92 Å². The molecule has 0 bridgehead atoms. The number of nitrogens with one attached hydrogen (secondary N) is 1. The molecule has 3 rings (SSSR count). The molecule has 0 amide bonds. The standard InChI is InChI=1S/C20H24N2O4S/c1-14-12-17(20(23)24)8-9-19(14)27(25,26)21-18-10-11-22(15(18)2)13-16-6-4-3-5-7-16/h3-9,12,15,18,21H,10-11,13H2,1-2H3,(H,23,24). The van der Waals surface area contributed by atoms with Crippen molar-refractivity contribution in [3.05, 3.63) is 65.2 Å². The summed E-state index contributed by atoms with van der Waals surface area (Å²) in [6, 6.07) is 14.1. The molecule has 1 saturated heterocycles. The molecule has 1 heterocycles. The molecule has 7 heteroatoms. The molecule has 2 N–H and O–H groups in total. The van der Waals surface area contributed by atoms with E-state index in [9.17, 15) is 13.2 Å². The van der Waals surface area contributed by atoms with E-state index in [1.54, 1.807) is 6.92 Å².